The Kier molecular flexibility index (Phi) is 4.37. The second-order valence-corrected chi connectivity index (χ2v) is 6.53. The molecule has 0 spiro atoms. The minimum Gasteiger partial charge on any atom is -0.354 e. The zero-order chi connectivity index (χ0) is 15.9. The van der Waals surface area contributed by atoms with Crippen LogP contribution in [0, 0.1) is 18.8 Å². The lowest BCUT2D eigenvalue weighted by Gasteiger charge is -2.19. The fourth-order valence-electron chi connectivity index (χ4n) is 3.68. The van der Waals surface area contributed by atoms with Gasteiger partial charge in [-0.1, -0.05) is 33.6 Å². The molecule has 0 radical (unpaired) electrons. The number of fused-ring (bicyclic) bond motifs is 1. The number of hydrogen-bond donors (Lipinski definition) is 0. The van der Waals surface area contributed by atoms with Crippen molar-refractivity contribution in [3.05, 3.63) is 17.3 Å². The summed E-state index contributed by atoms with van der Waals surface area (Å²) in [5.41, 5.74) is 2.37. The van der Waals surface area contributed by atoms with Gasteiger partial charge >= 0.3 is 0 Å². The lowest BCUT2D eigenvalue weighted by molar-refractivity contribution is -0.0150. The zero-order valence-electron chi connectivity index (χ0n) is 13.6. The molecule has 1 aliphatic heterocycles. The number of imidazole rings is 1. The third-order valence-corrected chi connectivity index (χ3v) is 4.97. The summed E-state index contributed by atoms with van der Waals surface area (Å²) in [6, 6.07) is 0. The molecule has 0 aromatic carbocycles. The maximum Gasteiger partial charge on any atom is 0.224 e. The summed E-state index contributed by atoms with van der Waals surface area (Å²) in [6.07, 6.45) is 5.45. The van der Waals surface area contributed by atoms with Crippen LogP contribution in [0.2, 0.25) is 5.28 Å². The topological polar surface area (TPSA) is 52.8 Å². The van der Waals surface area contributed by atoms with Crippen molar-refractivity contribution in [2.24, 2.45) is 11.8 Å². The van der Waals surface area contributed by atoms with E-state index in [1.54, 1.807) is 0 Å². The van der Waals surface area contributed by atoms with Crippen LogP contribution in [-0.4, -0.2) is 25.6 Å². The Morgan fingerprint density at radius 2 is 2.09 bits per heavy atom. The summed E-state index contributed by atoms with van der Waals surface area (Å²) in [6.45, 7) is 8.61. The predicted octanol–water partition coefficient (Wildman–Crippen LogP) is 4.15. The number of nitrogens with zero attached hydrogens (tertiary/aromatic N) is 4. The zero-order valence-corrected chi connectivity index (χ0v) is 14.3. The Morgan fingerprint density at radius 3 is 2.77 bits per heavy atom. The van der Waals surface area contributed by atoms with Crippen LogP contribution in [0.5, 0.6) is 0 Å². The van der Waals surface area contributed by atoms with Gasteiger partial charge in [0.15, 0.2) is 5.65 Å². The van der Waals surface area contributed by atoms with E-state index >= 15 is 0 Å². The average Bonchev–Trinajstić information content (AvgIpc) is 3.01. The monoisotopic (exact) mass is 322 g/mol. The Hall–Kier alpha value is -1.20. The fourth-order valence-corrected chi connectivity index (χ4v) is 3.89. The van der Waals surface area contributed by atoms with Gasteiger partial charge in [-0.25, -0.2) is 9.97 Å². The van der Waals surface area contributed by atoms with Gasteiger partial charge in [0.1, 0.15) is 11.7 Å². The number of halogens is 1. The summed E-state index contributed by atoms with van der Waals surface area (Å²) in [5, 5.41) is 0.259. The van der Waals surface area contributed by atoms with E-state index in [0.29, 0.717) is 17.9 Å². The van der Waals surface area contributed by atoms with Crippen molar-refractivity contribution in [1.29, 1.82) is 0 Å². The van der Waals surface area contributed by atoms with Crippen LogP contribution in [0.1, 0.15) is 52.0 Å². The molecule has 0 N–H and O–H groups in total. The number of aromatic nitrogens is 4. The van der Waals surface area contributed by atoms with Crippen molar-refractivity contribution in [3.63, 3.8) is 0 Å². The molecule has 22 heavy (non-hydrogen) atoms. The van der Waals surface area contributed by atoms with E-state index in [1.807, 2.05) is 17.8 Å². The third kappa shape index (κ3) is 2.50. The van der Waals surface area contributed by atoms with Crippen LogP contribution in [-0.2, 0) is 4.74 Å². The van der Waals surface area contributed by atoms with Crippen LogP contribution < -0.4 is 0 Å². The van der Waals surface area contributed by atoms with Gasteiger partial charge in [-0.05, 0) is 30.9 Å². The number of aryl methyl sites for hydroxylation is 1. The second kappa shape index (κ2) is 6.13. The van der Waals surface area contributed by atoms with Crippen LogP contribution in [0.4, 0.5) is 0 Å². The first kappa shape index (κ1) is 15.7. The number of hydrogen-bond acceptors (Lipinski definition) is 4. The molecule has 0 bridgehead atoms. The van der Waals surface area contributed by atoms with Crippen molar-refractivity contribution in [2.45, 2.75) is 59.3 Å². The molecule has 1 saturated heterocycles. The second-order valence-electron chi connectivity index (χ2n) is 6.19. The first-order chi connectivity index (χ1) is 10.6. The maximum atomic E-state index is 6.37. The molecule has 3 rings (SSSR count). The highest BCUT2D eigenvalue weighted by molar-refractivity contribution is 6.28. The summed E-state index contributed by atoms with van der Waals surface area (Å²) < 4.78 is 8.40. The van der Waals surface area contributed by atoms with Gasteiger partial charge in [0.05, 0.1) is 18.1 Å². The molecule has 1 fully saturated rings. The average molecular weight is 323 g/mol. The molecular formula is C16H23ClN4O. The van der Waals surface area contributed by atoms with Gasteiger partial charge < -0.3 is 4.74 Å². The summed E-state index contributed by atoms with van der Waals surface area (Å²) in [4.78, 5) is 13.0. The van der Waals surface area contributed by atoms with E-state index in [9.17, 15) is 0 Å². The summed E-state index contributed by atoms with van der Waals surface area (Å²) in [5.74, 6) is 0.994. The molecule has 4 atom stereocenters. The first-order valence-electron chi connectivity index (χ1n) is 8.08. The minimum absolute atomic E-state index is 0.0307. The molecule has 4 unspecified atom stereocenters. The van der Waals surface area contributed by atoms with Crippen LogP contribution in [0.25, 0.3) is 11.2 Å². The summed E-state index contributed by atoms with van der Waals surface area (Å²) in [7, 11) is 0. The van der Waals surface area contributed by atoms with E-state index in [1.165, 1.54) is 0 Å². The van der Waals surface area contributed by atoms with E-state index in [4.69, 9.17) is 16.3 Å². The molecule has 120 valence electrons. The summed E-state index contributed by atoms with van der Waals surface area (Å²) >= 11 is 6.03. The molecule has 0 aliphatic carbocycles. The van der Waals surface area contributed by atoms with Gasteiger partial charge in [0, 0.05) is 5.92 Å². The minimum atomic E-state index is -0.0307. The van der Waals surface area contributed by atoms with Crippen molar-refractivity contribution < 1.29 is 4.74 Å². The highest BCUT2D eigenvalue weighted by Crippen LogP contribution is 2.43. The Balaban J connectivity index is 2.01. The quantitative estimate of drug-likeness (QED) is 0.793. The SMILES string of the molecule is CCCC1OC(n2cnc3c(C)nc(Cl)nc32)C(C)C1CC. The van der Waals surface area contributed by atoms with E-state index in [0.717, 1.165) is 36.1 Å². The van der Waals surface area contributed by atoms with E-state index in [2.05, 4.69) is 35.7 Å². The number of rotatable bonds is 4. The smallest absolute Gasteiger partial charge is 0.224 e. The van der Waals surface area contributed by atoms with Crippen molar-refractivity contribution in [2.75, 3.05) is 0 Å². The standard InChI is InChI=1S/C16H23ClN4O/c1-5-7-12-11(6-2)9(3)15(22-12)21-8-18-13-10(4)19-16(17)20-14(13)21/h8-9,11-12,15H,5-7H2,1-4H3. The van der Waals surface area contributed by atoms with E-state index < -0.39 is 0 Å². The van der Waals surface area contributed by atoms with Crippen molar-refractivity contribution in [3.8, 4) is 0 Å². The highest BCUT2D eigenvalue weighted by Gasteiger charge is 2.41. The highest BCUT2D eigenvalue weighted by atomic mass is 35.5. The Bertz CT molecular complexity index is 671. The number of ether oxygens (including phenoxy) is 1. The molecule has 0 amide bonds. The molecule has 2 aromatic heterocycles. The molecule has 6 heteroatoms. The first-order valence-corrected chi connectivity index (χ1v) is 8.46. The van der Waals surface area contributed by atoms with Crippen LogP contribution in [0.15, 0.2) is 6.33 Å². The van der Waals surface area contributed by atoms with Gasteiger partial charge in [0.25, 0.3) is 0 Å². The molecule has 0 saturated carbocycles. The third-order valence-electron chi connectivity index (χ3n) is 4.80. The van der Waals surface area contributed by atoms with Crippen LogP contribution in [0.3, 0.4) is 0 Å². The van der Waals surface area contributed by atoms with Gasteiger partial charge in [-0.3, -0.25) is 4.57 Å². The molecule has 1 aliphatic rings. The maximum absolute atomic E-state index is 6.37. The predicted molar refractivity (Wildman–Crippen MR) is 86.8 cm³/mol. The Morgan fingerprint density at radius 1 is 1.32 bits per heavy atom. The lowest BCUT2D eigenvalue weighted by Crippen LogP contribution is -2.18. The van der Waals surface area contributed by atoms with Gasteiger partial charge in [0.2, 0.25) is 5.28 Å². The lowest BCUT2D eigenvalue weighted by atomic mass is 9.87. The van der Waals surface area contributed by atoms with Crippen molar-refractivity contribution >= 4 is 22.8 Å². The van der Waals surface area contributed by atoms with Gasteiger partial charge in [-0.2, -0.15) is 4.98 Å². The molecule has 3 heterocycles. The largest absolute Gasteiger partial charge is 0.354 e. The van der Waals surface area contributed by atoms with Crippen LogP contribution >= 0.6 is 11.6 Å². The van der Waals surface area contributed by atoms with E-state index in [-0.39, 0.29) is 11.5 Å². The fraction of sp³-hybridized carbons (Fsp3) is 0.688. The normalized spacial score (nSPS) is 28.6. The molecule has 2 aromatic rings. The Labute approximate surface area is 136 Å². The molecule has 5 nitrogen and oxygen atoms in total. The van der Waals surface area contributed by atoms with Gasteiger partial charge in [-0.15, -0.1) is 0 Å². The molecular weight excluding hydrogens is 300 g/mol. The van der Waals surface area contributed by atoms with Crippen molar-refractivity contribution in [1.82, 2.24) is 19.5 Å².